The third-order valence-electron chi connectivity index (χ3n) is 4.85. The maximum absolute atomic E-state index is 4.85. The summed E-state index contributed by atoms with van der Waals surface area (Å²) in [5.74, 6) is 1.66. The lowest BCUT2D eigenvalue weighted by atomic mass is 10.2. The van der Waals surface area contributed by atoms with E-state index in [9.17, 15) is 0 Å². The van der Waals surface area contributed by atoms with E-state index in [2.05, 4.69) is 59.1 Å². The summed E-state index contributed by atoms with van der Waals surface area (Å²) in [5.41, 5.74) is 2.32. The average Bonchev–Trinajstić information content (AvgIpc) is 3.14. The molecule has 0 saturated carbocycles. The standard InChI is InChI=1S/C20H38N6.HI/c1-6-21-20(22-10-8-12-26-18(5)13-17(4)24-26)23-14-19-9-7-11-25(19)15-16(2)3;/h13,16,19H,6-12,14-15H2,1-5H3,(H2,21,22,23);1H/t19-;/m1./s1. The van der Waals surface area contributed by atoms with Crippen molar-refractivity contribution in [3.63, 3.8) is 0 Å². The molecule has 1 aromatic rings. The number of guanidine groups is 1. The molecule has 1 fully saturated rings. The lowest BCUT2D eigenvalue weighted by molar-refractivity contribution is 0.231. The summed E-state index contributed by atoms with van der Waals surface area (Å²) >= 11 is 0. The van der Waals surface area contributed by atoms with Crippen molar-refractivity contribution in [1.82, 2.24) is 25.3 Å². The summed E-state index contributed by atoms with van der Waals surface area (Å²) in [6, 6.07) is 2.73. The molecule has 1 saturated heterocycles. The zero-order valence-electron chi connectivity index (χ0n) is 17.8. The topological polar surface area (TPSA) is 57.5 Å². The van der Waals surface area contributed by atoms with E-state index in [1.54, 1.807) is 0 Å². The maximum atomic E-state index is 4.85. The smallest absolute Gasteiger partial charge is 0.191 e. The highest BCUT2D eigenvalue weighted by atomic mass is 127. The summed E-state index contributed by atoms with van der Waals surface area (Å²) in [4.78, 5) is 7.46. The fraction of sp³-hybridized carbons (Fsp3) is 0.800. The van der Waals surface area contributed by atoms with Crippen LogP contribution in [0.2, 0.25) is 0 Å². The van der Waals surface area contributed by atoms with Crippen molar-refractivity contribution >= 4 is 29.9 Å². The third kappa shape index (κ3) is 8.37. The molecule has 1 atom stereocenters. The lowest BCUT2D eigenvalue weighted by Gasteiger charge is -2.25. The summed E-state index contributed by atoms with van der Waals surface area (Å²) < 4.78 is 2.09. The molecule has 27 heavy (non-hydrogen) atoms. The van der Waals surface area contributed by atoms with E-state index >= 15 is 0 Å². The molecular weight excluding hydrogens is 451 g/mol. The third-order valence-corrected chi connectivity index (χ3v) is 4.85. The van der Waals surface area contributed by atoms with E-state index in [0.29, 0.717) is 6.04 Å². The normalized spacial score (nSPS) is 18.0. The highest BCUT2D eigenvalue weighted by molar-refractivity contribution is 14.0. The maximum Gasteiger partial charge on any atom is 0.191 e. The van der Waals surface area contributed by atoms with E-state index in [-0.39, 0.29) is 24.0 Å². The highest BCUT2D eigenvalue weighted by Crippen LogP contribution is 2.18. The van der Waals surface area contributed by atoms with Gasteiger partial charge in [0.15, 0.2) is 5.96 Å². The number of hydrogen-bond donors (Lipinski definition) is 2. The first-order valence-electron chi connectivity index (χ1n) is 10.3. The fourth-order valence-electron chi connectivity index (χ4n) is 3.69. The number of hydrogen-bond acceptors (Lipinski definition) is 3. The van der Waals surface area contributed by atoms with E-state index in [1.807, 2.05) is 6.92 Å². The molecule has 0 spiro atoms. The second kappa shape index (κ2) is 12.6. The molecular formula is C20H39IN6. The number of rotatable bonds is 9. The van der Waals surface area contributed by atoms with E-state index in [4.69, 9.17) is 4.99 Å². The molecule has 156 valence electrons. The van der Waals surface area contributed by atoms with Gasteiger partial charge in [-0.15, -0.1) is 24.0 Å². The van der Waals surface area contributed by atoms with Gasteiger partial charge in [0.1, 0.15) is 0 Å². The quantitative estimate of drug-likeness (QED) is 0.242. The predicted molar refractivity (Wildman–Crippen MR) is 125 cm³/mol. The predicted octanol–water partition coefficient (Wildman–Crippen LogP) is 3.18. The Morgan fingerprint density at radius 1 is 1.33 bits per heavy atom. The van der Waals surface area contributed by atoms with Crippen LogP contribution in [0.1, 0.15) is 51.4 Å². The number of aliphatic imine (C=N–C) groups is 1. The molecule has 0 aliphatic carbocycles. The Morgan fingerprint density at radius 3 is 2.74 bits per heavy atom. The Labute approximate surface area is 182 Å². The van der Waals surface area contributed by atoms with Crippen LogP contribution < -0.4 is 10.6 Å². The second-order valence-corrected chi connectivity index (χ2v) is 7.84. The molecule has 1 aromatic heterocycles. The van der Waals surface area contributed by atoms with Gasteiger partial charge in [-0.05, 0) is 58.6 Å². The first-order valence-corrected chi connectivity index (χ1v) is 10.3. The molecule has 2 heterocycles. The molecule has 2 N–H and O–H groups in total. The minimum absolute atomic E-state index is 0. The van der Waals surface area contributed by atoms with Gasteiger partial charge in [-0.1, -0.05) is 13.8 Å². The Kier molecular flexibility index (Phi) is 11.3. The number of nitrogens with zero attached hydrogens (tertiary/aromatic N) is 4. The van der Waals surface area contributed by atoms with Gasteiger partial charge in [-0.2, -0.15) is 5.10 Å². The summed E-state index contributed by atoms with van der Waals surface area (Å²) in [5, 5.41) is 11.4. The number of nitrogens with one attached hydrogen (secondary N) is 2. The van der Waals surface area contributed by atoms with Crippen LogP contribution in [0.3, 0.4) is 0 Å². The SMILES string of the molecule is CCNC(=NC[C@H]1CCCN1CC(C)C)NCCCn1nc(C)cc1C.I. The van der Waals surface area contributed by atoms with Crippen LogP contribution in [0.5, 0.6) is 0 Å². The largest absolute Gasteiger partial charge is 0.357 e. The van der Waals surface area contributed by atoms with Crippen molar-refractivity contribution in [3.8, 4) is 0 Å². The van der Waals surface area contributed by atoms with Crippen molar-refractivity contribution in [2.75, 3.05) is 32.7 Å². The van der Waals surface area contributed by atoms with Gasteiger partial charge >= 0.3 is 0 Å². The van der Waals surface area contributed by atoms with Gasteiger partial charge in [-0.25, -0.2) is 0 Å². The van der Waals surface area contributed by atoms with Crippen molar-refractivity contribution in [2.24, 2.45) is 10.9 Å². The molecule has 0 amide bonds. The van der Waals surface area contributed by atoms with Crippen LogP contribution in [-0.2, 0) is 6.54 Å². The van der Waals surface area contributed by atoms with Crippen molar-refractivity contribution in [2.45, 2.75) is 66.5 Å². The minimum atomic E-state index is 0. The van der Waals surface area contributed by atoms with Crippen LogP contribution in [0.4, 0.5) is 0 Å². The minimum Gasteiger partial charge on any atom is -0.357 e. The van der Waals surface area contributed by atoms with Gasteiger partial charge in [0.05, 0.1) is 12.2 Å². The summed E-state index contributed by atoms with van der Waals surface area (Å²) in [7, 11) is 0. The molecule has 0 aromatic carbocycles. The van der Waals surface area contributed by atoms with Crippen molar-refractivity contribution in [3.05, 3.63) is 17.5 Å². The summed E-state index contributed by atoms with van der Waals surface area (Å²) in [6.07, 6.45) is 3.61. The second-order valence-electron chi connectivity index (χ2n) is 7.84. The molecule has 2 rings (SSSR count). The molecule has 7 heteroatoms. The first kappa shape index (κ1) is 24.2. The van der Waals surface area contributed by atoms with Crippen LogP contribution >= 0.6 is 24.0 Å². The zero-order chi connectivity index (χ0) is 18.9. The van der Waals surface area contributed by atoms with E-state index in [0.717, 1.165) is 50.2 Å². The highest BCUT2D eigenvalue weighted by Gasteiger charge is 2.24. The molecule has 0 bridgehead atoms. The monoisotopic (exact) mass is 490 g/mol. The first-order chi connectivity index (χ1) is 12.5. The van der Waals surface area contributed by atoms with Crippen LogP contribution in [0, 0.1) is 19.8 Å². The fourth-order valence-corrected chi connectivity index (χ4v) is 3.69. The van der Waals surface area contributed by atoms with Crippen molar-refractivity contribution in [1.29, 1.82) is 0 Å². The molecule has 0 unspecified atom stereocenters. The Bertz CT molecular complexity index is 569. The van der Waals surface area contributed by atoms with Crippen LogP contribution in [-0.4, -0.2) is 59.4 Å². The van der Waals surface area contributed by atoms with Gasteiger partial charge in [-0.3, -0.25) is 14.6 Å². The summed E-state index contributed by atoms with van der Waals surface area (Å²) in [6.45, 7) is 16.9. The molecule has 1 aliphatic heterocycles. The Hall–Kier alpha value is -0.830. The lowest BCUT2D eigenvalue weighted by Crippen LogP contribution is -2.40. The van der Waals surface area contributed by atoms with Gasteiger partial charge in [0, 0.05) is 37.9 Å². The molecule has 6 nitrogen and oxygen atoms in total. The van der Waals surface area contributed by atoms with Crippen molar-refractivity contribution < 1.29 is 0 Å². The van der Waals surface area contributed by atoms with Gasteiger partial charge in [0.25, 0.3) is 0 Å². The van der Waals surface area contributed by atoms with Crippen LogP contribution in [0.25, 0.3) is 0 Å². The molecule has 0 radical (unpaired) electrons. The van der Waals surface area contributed by atoms with Gasteiger partial charge in [0.2, 0.25) is 0 Å². The Balaban J connectivity index is 0.00000364. The van der Waals surface area contributed by atoms with E-state index in [1.165, 1.54) is 31.6 Å². The van der Waals surface area contributed by atoms with Crippen LogP contribution in [0.15, 0.2) is 11.1 Å². The zero-order valence-corrected chi connectivity index (χ0v) is 20.1. The van der Waals surface area contributed by atoms with Gasteiger partial charge < -0.3 is 10.6 Å². The van der Waals surface area contributed by atoms with E-state index < -0.39 is 0 Å². The number of aromatic nitrogens is 2. The number of aryl methyl sites for hydroxylation is 3. The number of halogens is 1. The average molecular weight is 490 g/mol. The number of likely N-dealkylation sites (tertiary alicyclic amines) is 1. The molecule has 1 aliphatic rings. The Morgan fingerprint density at radius 2 is 2.11 bits per heavy atom.